The average Bonchev–Trinajstić information content (AvgIpc) is 2.94. The van der Waals surface area contributed by atoms with Gasteiger partial charge in [-0.15, -0.1) is 0 Å². The lowest BCUT2D eigenvalue weighted by Crippen LogP contribution is -2.40. The van der Waals surface area contributed by atoms with Crippen molar-refractivity contribution in [2.45, 2.75) is 13.1 Å². The van der Waals surface area contributed by atoms with Crippen LogP contribution in [0.2, 0.25) is 0 Å². The van der Waals surface area contributed by atoms with E-state index >= 15 is 0 Å². The SMILES string of the molecule is CN(CC(=O)N(CCO)Cc1cncn1C)Cc1ccc(F)cc1. The first-order valence-electron chi connectivity index (χ1n) is 7.76. The molecule has 0 fully saturated rings. The summed E-state index contributed by atoms with van der Waals surface area (Å²) >= 11 is 0. The first-order valence-corrected chi connectivity index (χ1v) is 7.76. The van der Waals surface area contributed by atoms with Crippen molar-refractivity contribution in [3.05, 3.63) is 53.9 Å². The fourth-order valence-electron chi connectivity index (χ4n) is 2.43. The molecular weight excluding hydrogens is 311 g/mol. The van der Waals surface area contributed by atoms with Gasteiger partial charge in [0, 0.05) is 26.3 Å². The molecule has 130 valence electrons. The second kappa shape index (κ2) is 8.56. The van der Waals surface area contributed by atoms with E-state index in [-0.39, 0.29) is 31.4 Å². The lowest BCUT2D eigenvalue weighted by molar-refractivity contribution is -0.133. The molecule has 1 aromatic heterocycles. The summed E-state index contributed by atoms with van der Waals surface area (Å²) < 4.78 is 14.8. The normalized spacial score (nSPS) is 11.0. The Morgan fingerprint density at radius 1 is 1.29 bits per heavy atom. The van der Waals surface area contributed by atoms with Crippen LogP contribution in [0.15, 0.2) is 36.8 Å². The van der Waals surface area contributed by atoms with Crippen molar-refractivity contribution >= 4 is 5.91 Å². The average molecular weight is 334 g/mol. The van der Waals surface area contributed by atoms with E-state index < -0.39 is 0 Å². The summed E-state index contributed by atoms with van der Waals surface area (Å²) in [5.74, 6) is -0.349. The van der Waals surface area contributed by atoms with Gasteiger partial charge in [0.1, 0.15) is 5.82 Å². The smallest absolute Gasteiger partial charge is 0.237 e. The highest BCUT2D eigenvalue weighted by Gasteiger charge is 2.17. The van der Waals surface area contributed by atoms with Crippen LogP contribution in [0.5, 0.6) is 0 Å². The number of aliphatic hydroxyl groups is 1. The number of imidazole rings is 1. The summed E-state index contributed by atoms with van der Waals surface area (Å²) in [6.45, 7) is 1.35. The molecule has 1 aromatic carbocycles. The van der Waals surface area contributed by atoms with Crippen LogP contribution in [0.4, 0.5) is 4.39 Å². The van der Waals surface area contributed by atoms with Crippen LogP contribution in [0.1, 0.15) is 11.3 Å². The predicted octanol–water partition coefficient (Wildman–Crippen LogP) is 1.01. The van der Waals surface area contributed by atoms with E-state index in [1.807, 2.05) is 23.6 Å². The van der Waals surface area contributed by atoms with Gasteiger partial charge in [-0.25, -0.2) is 9.37 Å². The number of aliphatic hydroxyl groups excluding tert-OH is 1. The molecule has 0 aliphatic carbocycles. The Morgan fingerprint density at radius 2 is 2.00 bits per heavy atom. The van der Waals surface area contributed by atoms with Gasteiger partial charge in [0.2, 0.25) is 5.91 Å². The fraction of sp³-hybridized carbons (Fsp3) is 0.412. The van der Waals surface area contributed by atoms with Gasteiger partial charge in [0.25, 0.3) is 0 Å². The van der Waals surface area contributed by atoms with Crippen molar-refractivity contribution in [1.29, 1.82) is 0 Å². The van der Waals surface area contributed by atoms with Gasteiger partial charge in [-0.05, 0) is 24.7 Å². The minimum atomic E-state index is -0.275. The number of carbonyl (C=O) groups is 1. The predicted molar refractivity (Wildman–Crippen MR) is 88.4 cm³/mol. The molecule has 0 radical (unpaired) electrons. The molecular formula is C17H23FN4O2. The largest absolute Gasteiger partial charge is 0.395 e. The lowest BCUT2D eigenvalue weighted by Gasteiger charge is -2.25. The van der Waals surface area contributed by atoms with Crippen molar-refractivity contribution in [3.63, 3.8) is 0 Å². The Bertz CT molecular complexity index is 657. The quantitative estimate of drug-likeness (QED) is 0.783. The van der Waals surface area contributed by atoms with Crippen LogP contribution < -0.4 is 0 Å². The highest BCUT2D eigenvalue weighted by atomic mass is 19.1. The number of aromatic nitrogens is 2. The highest BCUT2D eigenvalue weighted by molar-refractivity contribution is 5.78. The zero-order valence-electron chi connectivity index (χ0n) is 14.0. The van der Waals surface area contributed by atoms with E-state index in [4.69, 9.17) is 0 Å². The summed E-state index contributed by atoms with van der Waals surface area (Å²) in [4.78, 5) is 20.0. The van der Waals surface area contributed by atoms with E-state index in [0.717, 1.165) is 11.3 Å². The first-order chi connectivity index (χ1) is 11.5. The van der Waals surface area contributed by atoms with E-state index in [9.17, 15) is 14.3 Å². The Kier molecular flexibility index (Phi) is 6.45. The van der Waals surface area contributed by atoms with Crippen LogP contribution in [0.3, 0.4) is 0 Å². The Morgan fingerprint density at radius 3 is 2.58 bits per heavy atom. The summed E-state index contributed by atoms with van der Waals surface area (Å²) in [5, 5.41) is 9.21. The maximum absolute atomic E-state index is 12.9. The van der Waals surface area contributed by atoms with Crippen LogP contribution in [0.25, 0.3) is 0 Å². The third-order valence-corrected chi connectivity index (χ3v) is 3.76. The zero-order chi connectivity index (χ0) is 17.5. The first kappa shape index (κ1) is 18.1. The molecule has 0 aliphatic heterocycles. The minimum Gasteiger partial charge on any atom is -0.395 e. The number of likely N-dealkylation sites (N-methyl/N-ethyl adjacent to an activating group) is 1. The van der Waals surface area contributed by atoms with Crippen LogP contribution in [-0.4, -0.2) is 57.1 Å². The Hall–Kier alpha value is -2.25. The van der Waals surface area contributed by atoms with Crippen LogP contribution in [0, 0.1) is 5.82 Å². The maximum atomic E-state index is 12.9. The number of rotatable bonds is 8. The third-order valence-electron chi connectivity index (χ3n) is 3.76. The van der Waals surface area contributed by atoms with E-state index in [1.165, 1.54) is 12.1 Å². The van der Waals surface area contributed by atoms with Crippen molar-refractivity contribution < 1.29 is 14.3 Å². The molecule has 0 aliphatic rings. The summed E-state index contributed by atoms with van der Waals surface area (Å²) in [7, 11) is 3.70. The molecule has 0 spiro atoms. The molecule has 2 rings (SSSR count). The standard InChI is InChI=1S/C17H23FN4O2/c1-20(10-14-3-5-15(18)6-4-14)12-17(24)22(7-8-23)11-16-9-19-13-21(16)2/h3-6,9,13,23H,7-8,10-12H2,1-2H3. The van der Waals surface area contributed by atoms with Gasteiger partial charge < -0.3 is 14.6 Å². The van der Waals surface area contributed by atoms with Gasteiger partial charge in [-0.3, -0.25) is 9.69 Å². The number of benzene rings is 1. The van der Waals surface area contributed by atoms with Gasteiger partial charge in [0.15, 0.2) is 0 Å². The van der Waals surface area contributed by atoms with E-state index in [1.54, 1.807) is 29.6 Å². The number of amides is 1. The van der Waals surface area contributed by atoms with Crippen molar-refractivity contribution in [2.24, 2.45) is 7.05 Å². The molecule has 1 heterocycles. The van der Waals surface area contributed by atoms with Gasteiger partial charge in [-0.2, -0.15) is 0 Å². The van der Waals surface area contributed by atoms with Crippen LogP contribution >= 0.6 is 0 Å². The van der Waals surface area contributed by atoms with Crippen LogP contribution in [-0.2, 0) is 24.9 Å². The summed E-state index contributed by atoms with van der Waals surface area (Å²) in [6.07, 6.45) is 3.39. The maximum Gasteiger partial charge on any atom is 0.237 e. The molecule has 6 nitrogen and oxygen atoms in total. The molecule has 0 atom stereocenters. The molecule has 1 amide bonds. The Balaban J connectivity index is 1.93. The minimum absolute atomic E-state index is 0.0742. The van der Waals surface area contributed by atoms with Crippen molar-refractivity contribution in [1.82, 2.24) is 19.4 Å². The zero-order valence-corrected chi connectivity index (χ0v) is 14.0. The number of halogens is 1. The topological polar surface area (TPSA) is 61.6 Å². The second-order valence-electron chi connectivity index (χ2n) is 5.83. The summed E-state index contributed by atoms with van der Waals surface area (Å²) in [5.41, 5.74) is 1.84. The molecule has 1 N–H and O–H groups in total. The monoisotopic (exact) mass is 334 g/mol. The van der Waals surface area contributed by atoms with Gasteiger partial charge in [0.05, 0.1) is 31.7 Å². The van der Waals surface area contributed by atoms with E-state index in [2.05, 4.69) is 4.98 Å². The summed E-state index contributed by atoms with van der Waals surface area (Å²) in [6, 6.07) is 6.23. The number of nitrogens with zero attached hydrogens (tertiary/aromatic N) is 4. The second-order valence-corrected chi connectivity index (χ2v) is 5.83. The van der Waals surface area contributed by atoms with E-state index in [0.29, 0.717) is 13.1 Å². The molecule has 7 heteroatoms. The number of carbonyl (C=O) groups excluding carboxylic acids is 1. The van der Waals surface area contributed by atoms with Gasteiger partial charge >= 0.3 is 0 Å². The molecule has 0 saturated carbocycles. The lowest BCUT2D eigenvalue weighted by atomic mass is 10.2. The fourth-order valence-corrected chi connectivity index (χ4v) is 2.43. The van der Waals surface area contributed by atoms with Crippen molar-refractivity contribution in [2.75, 3.05) is 26.7 Å². The highest BCUT2D eigenvalue weighted by Crippen LogP contribution is 2.07. The number of hydrogen-bond donors (Lipinski definition) is 1. The van der Waals surface area contributed by atoms with Crippen molar-refractivity contribution in [3.8, 4) is 0 Å². The Labute approximate surface area is 141 Å². The van der Waals surface area contributed by atoms with Gasteiger partial charge in [-0.1, -0.05) is 12.1 Å². The number of aryl methyl sites for hydroxylation is 1. The third kappa shape index (κ3) is 5.14. The number of hydrogen-bond acceptors (Lipinski definition) is 4. The molecule has 0 unspecified atom stereocenters. The molecule has 2 aromatic rings. The molecule has 0 bridgehead atoms. The molecule has 0 saturated heterocycles. The molecule has 24 heavy (non-hydrogen) atoms.